The smallest absolute Gasteiger partial charge is 0.270 e. The zero-order chi connectivity index (χ0) is 23.4. The average molecular weight is 470 g/mol. The number of rotatable bonds is 8. The molecule has 1 heterocycles. The van der Waals surface area contributed by atoms with Gasteiger partial charge in [0.05, 0.1) is 29.6 Å². The van der Waals surface area contributed by atoms with Gasteiger partial charge in [0.15, 0.2) is 11.5 Å². The highest BCUT2D eigenvalue weighted by Gasteiger charge is 2.24. The van der Waals surface area contributed by atoms with Crippen LogP contribution in [-0.4, -0.2) is 33.5 Å². The maximum Gasteiger partial charge on any atom is 0.270 e. The van der Waals surface area contributed by atoms with Crippen molar-refractivity contribution in [3.8, 4) is 17.2 Å². The number of nitro groups is 1. The van der Waals surface area contributed by atoms with Crippen molar-refractivity contribution in [3.05, 3.63) is 76.3 Å². The summed E-state index contributed by atoms with van der Waals surface area (Å²) in [5, 5.41) is 15.3. The first-order chi connectivity index (χ1) is 15.9. The van der Waals surface area contributed by atoms with Crippen LogP contribution in [0.5, 0.6) is 17.2 Å². The van der Waals surface area contributed by atoms with Crippen molar-refractivity contribution in [2.45, 2.75) is 4.90 Å². The van der Waals surface area contributed by atoms with E-state index in [1.54, 1.807) is 36.4 Å². The summed E-state index contributed by atoms with van der Waals surface area (Å²) in [6, 6.07) is 15.0. The Balaban J connectivity index is 1.64. The molecule has 0 fully saturated rings. The molecule has 0 bridgehead atoms. The summed E-state index contributed by atoms with van der Waals surface area (Å²) >= 11 is 0. The van der Waals surface area contributed by atoms with Gasteiger partial charge in [-0.2, -0.15) is 5.10 Å². The van der Waals surface area contributed by atoms with E-state index in [4.69, 9.17) is 14.2 Å². The van der Waals surface area contributed by atoms with Crippen LogP contribution in [0.3, 0.4) is 0 Å². The largest absolute Gasteiger partial charge is 0.495 e. The maximum absolute atomic E-state index is 13.1. The lowest BCUT2D eigenvalue weighted by molar-refractivity contribution is -0.385. The van der Waals surface area contributed by atoms with Gasteiger partial charge in [-0.15, -0.1) is 0 Å². The number of hydrazone groups is 1. The fourth-order valence-corrected chi connectivity index (χ4v) is 4.28. The number of non-ortho nitro benzene ring substituents is 1. The van der Waals surface area contributed by atoms with Gasteiger partial charge in [-0.3, -0.25) is 20.3 Å². The highest BCUT2D eigenvalue weighted by molar-refractivity contribution is 7.93. The second-order valence-electron chi connectivity index (χ2n) is 6.73. The molecule has 0 amide bonds. The van der Waals surface area contributed by atoms with Gasteiger partial charge < -0.3 is 14.2 Å². The van der Waals surface area contributed by atoms with Crippen molar-refractivity contribution in [1.82, 2.24) is 0 Å². The number of nitro benzene ring substituents is 1. The van der Waals surface area contributed by atoms with Crippen molar-refractivity contribution in [3.63, 3.8) is 0 Å². The lowest BCUT2D eigenvalue weighted by atomic mass is 10.2. The second-order valence-corrected chi connectivity index (χ2v) is 8.38. The third kappa shape index (κ3) is 4.80. The minimum absolute atomic E-state index is 0.0417. The minimum atomic E-state index is -4.24. The standard InChI is InChI=1S/C21H18N4O7S/c1-30-18-5-3-2-4-16(18)24-33(28,29)21-11-15(25(26)27)7-8-17(21)23-22-12-14-6-9-19-20(10-14)32-13-31-19/h2-12,23-24H,13H2,1H3. The Bertz CT molecular complexity index is 1340. The molecule has 0 aromatic heterocycles. The van der Waals surface area contributed by atoms with Crippen LogP contribution in [-0.2, 0) is 10.0 Å². The summed E-state index contributed by atoms with van der Waals surface area (Å²) in [7, 11) is -2.84. The number of nitrogens with zero attached hydrogens (tertiary/aromatic N) is 2. The molecule has 0 unspecified atom stereocenters. The van der Waals surface area contributed by atoms with Crippen LogP contribution in [0.25, 0.3) is 0 Å². The molecule has 0 saturated heterocycles. The van der Waals surface area contributed by atoms with Crippen LogP contribution in [0.4, 0.5) is 17.1 Å². The highest BCUT2D eigenvalue weighted by Crippen LogP contribution is 2.33. The number of methoxy groups -OCH3 is 1. The summed E-state index contributed by atoms with van der Waals surface area (Å²) in [6.07, 6.45) is 1.45. The Labute approximate surface area is 188 Å². The van der Waals surface area contributed by atoms with Crippen LogP contribution in [0, 0.1) is 10.1 Å². The molecule has 0 radical (unpaired) electrons. The Hall–Kier alpha value is -4.32. The molecule has 2 N–H and O–H groups in total. The molecule has 170 valence electrons. The molecule has 3 aromatic rings. The van der Waals surface area contributed by atoms with E-state index in [0.29, 0.717) is 22.8 Å². The number of ether oxygens (including phenoxy) is 3. The number of para-hydroxylation sites is 2. The normalized spacial score (nSPS) is 12.5. The number of benzene rings is 3. The van der Waals surface area contributed by atoms with E-state index in [0.717, 1.165) is 6.07 Å². The molecule has 4 rings (SSSR count). The molecule has 1 aliphatic rings. The number of nitrogens with one attached hydrogen (secondary N) is 2. The second kappa shape index (κ2) is 9.04. The first kappa shape index (κ1) is 21.9. The Morgan fingerprint density at radius 3 is 2.64 bits per heavy atom. The summed E-state index contributed by atoms with van der Waals surface area (Å²) in [4.78, 5) is 10.2. The molecule has 0 saturated carbocycles. The van der Waals surface area contributed by atoms with Crippen LogP contribution in [0.1, 0.15) is 5.56 Å². The average Bonchev–Trinajstić information content (AvgIpc) is 3.27. The summed E-state index contributed by atoms with van der Waals surface area (Å²) in [6.45, 7) is 0.136. The van der Waals surface area contributed by atoms with Crippen molar-refractivity contribution in [1.29, 1.82) is 0 Å². The van der Waals surface area contributed by atoms with Gasteiger partial charge in [-0.05, 0) is 42.0 Å². The van der Waals surface area contributed by atoms with Gasteiger partial charge in [0.25, 0.3) is 15.7 Å². The van der Waals surface area contributed by atoms with Gasteiger partial charge in [-0.25, -0.2) is 8.42 Å². The Kier molecular flexibility index (Phi) is 6.00. The van der Waals surface area contributed by atoms with Gasteiger partial charge in [0, 0.05) is 12.1 Å². The van der Waals surface area contributed by atoms with Crippen molar-refractivity contribution in [2.75, 3.05) is 24.1 Å². The molecular weight excluding hydrogens is 452 g/mol. The summed E-state index contributed by atoms with van der Waals surface area (Å²) in [5.74, 6) is 1.48. The van der Waals surface area contributed by atoms with Gasteiger partial charge in [-0.1, -0.05) is 12.1 Å². The Morgan fingerprint density at radius 1 is 1.06 bits per heavy atom. The van der Waals surface area contributed by atoms with Crippen LogP contribution in [0.15, 0.2) is 70.7 Å². The maximum atomic E-state index is 13.1. The molecular formula is C21H18N4O7S. The van der Waals surface area contributed by atoms with Gasteiger partial charge in [0.2, 0.25) is 6.79 Å². The number of hydrogen-bond donors (Lipinski definition) is 2. The first-order valence-electron chi connectivity index (χ1n) is 9.50. The number of fused-ring (bicyclic) bond motifs is 1. The van der Waals surface area contributed by atoms with E-state index in [-0.39, 0.29) is 28.8 Å². The molecule has 3 aromatic carbocycles. The van der Waals surface area contributed by atoms with Crippen LogP contribution in [0.2, 0.25) is 0 Å². The van der Waals surface area contributed by atoms with Crippen molar-refractivity contribution < 1.29 is 27.6 Å². The predicted molar refractivity (Wildman–Crippen MR) is 121 cm³/mol. The highest BCUT2D eigenvalue weighted by atomic mass is 32.2. The molecule has 0 aliphatic carbocycles. The van der Waals surface area contributed by atoms with Crippen LogP contribution < -0.4 is 24.4 Å². The topological polar surface area (TPSA) is 141 Å². The fraction of sp³-hybridized carbons (Fsp3) is 0.0952. The van der Waals surface area contributed by atoms with E-state index >= 15 is 0 Å². The molecule has 11 nitrogen and oxygen atoms in total. The van der Waals surface area contributed by atoms with E-state index in [1.807, 2.05) is 0 Å². The lowest BCUT2D eigenvalue weighted by Gasteiger charge is -2.14. The summed E-state index contributed by atoms with van der Waals surface area (Å²) in [5.41, 5.74) is 3.15. The fourth-order valence-electron chi connectivity index (χ4n) is 3.04. The predicted octanol–water partition coefficient (Wildman–Crippen LogP) is 3.58. The van der Waals surface area contributed by atoms with E-state index in [2.05, 4.69) is 15.2 Å². The number of hydrogen-bond acceptors (Lipinski definition) is 9. The van der Waals surface area contributed by atoms with E-state index in [9.17, 15) is 18.5 Å². The quantitative estimate of drug-likeness (QED) is 0.289. The first-order valence-corrected chi connectivity index (χ1v) is 11.0. The zero-order valence-electron chi connectivity index (χ0n) is 17.2. The van der Waals surface area contributed by atoms with Gasteiger partial charge >= 0.3 is 0 Å². The van der Waals surface area contributed by atoms with Crippen molar-refractivity contribution in [2.24, 2.45) is 5.10 Å². The third-order valence-corrected chi connectivity index (χ3v) is 6.02. The monoisotopic (exact) mass is 470 g/mol. The third-order valence-electron chi connectivity index (χ3n) is 4.61. The lowest BCUT2D eigenvalue weighted by Crippen LogP contribution is -2.15. The Morgan fingerprint density at radius 2 is 1.85 bits per heavy atom. The minimum Gasteiger partial charge on any atom is -0.495 e. The number of anilines is 2. The number of sulfonamides is 1. The molecule has 1 aliphatic heterocycles. The van der Waals surface area contributed by atoms with Gasteiger partial charge in [0.1, 0.15) is 10.6 Å². The molecule has 33 heavy (non-hydrogen) atoms. The molecule has 12 heteroatoms. The van der Waals surface area contributed by atoms with Crippen molar-refractivity contribution >= 4 is 33.3 Å². The zero-order valence-corrected chi connectivity index (χ0v) is 18.0. The van der Waals surface area contributed by atoms with E-state index in [1.165, 1.54) is 31.5 Å². The van der Waals surface area contributed by atoms with E-state index < -0.39 is 14.9 Å². The molecule has 0 spiro atoms. The van der Waals surface area contributed by atoms with Crippen LogP contribution >= 0.6 is 0 Å². The SMILES string of the molecule is COc1ccccc1NS(=O)(=O)c1cc([N+](=O)[O-])ccc1NN=Cc1ccc2c(c1)OCO2. The summed E-state index contributed by atoms with van der Waals surface area (Å²) < 4.78 is 44.4. The molecule has 0 atom stereocenters.